The second-order valence-corrected chi connectivity index (χ2v) is 6.11. The highest BCUT2D eigenvalue weighted by Crippen LogP contribution is 2.25. The molecule has 0 saturated heterocycles. The Kier molecular flexibility index (Phi) is 4.73. The van der Waals surface area contributed by atoms with E-state index in [1.807, 2.05) is 13.8 Å². The van der Waals surface area contributed by atoms with Crippen molar-refractivity contribution in [3.8, 4) is 0 Å². The van der Waals surface area contributed by atoms with Crippen molar-refractivity contribution in [1.29, 1.82) is 0 Å². The average Bonchev–Trinajstić information content (AvgIpc) is 3.04. The molecule has 0 unspecified atom stereocenters. The summed E-state index contributed by atoms with van der Waals surface area (Å²) in [6, 6.07) is 0.115. The molecule has 1 fully saturated rings. The smallest absolute Gasteiger partial charge is 0.277 e. The molecule has 1 saturated carbocycles. The molecular weight excluding hydrogens is 228 g/mol. The van der Waals surface area contributed by atoms with Gasteiger partial charge in [0.15, 0.2) is 0 Å². The molecule has 0 aromatic heterocycles. The monoisotopic (exact) mass is 250 g/mol. The van der Waals surface area contributed by atoms with Crippen LogP contribution in [0.5, 0.6) is 0 Å². The van der Waals surface area contributed by atoms with Crippen LogP contribution in [0.3, 0.4) is 0 Å². The van der Waals surface area contributed by atoms with Crippen LogP contribution in [-0.4, -0.2) is 32.7 Å². The third-order valence-corrected chi connectivity index (χ3v) is 4.54. The predicted molar refractivity (Wildman–Crippen MR) is 63.2 cm³/mol. The van der Waals surface area contributed by atoms with Crippen LogP contribution < -0.4 is 9.44 Å². The zero-order valence-electron chi connectivity index (χ0n) is 9.99. The zero-order chi connectivity index (χ0) is 12.2. The fourth-order valence-electron chi connectivity index (χ4n) is 1.49. The van der Waals surface area contributed by atoms with Crippen LogP contribution in [0.2, 0.25) is 0 Å². The van der Waals surface area contributed by atoms with Gasteiger partial charge in [-0.3, -0.25) is 0 Å². The maximum absolute atomic E-state index is 11.6. The molecule has 0 amide bonds. The summed E-state index contributed by atoms with van der Waals surface area (Å²) in [5.41, 5.74) is -0.335. The minimum Gasteiger partial charge on any atom is -0.396 e. The number of rotatable bonds is 8. The van der Waals surface area contributed by atoms with Crippen molar-refractivity contribution in [2.75, 3.05) is 13.2 Å². The normalized spacial score (nSPS) is 17.7. The Morgan fingerprint density at radius 2 is 1.88 bits per heavy atom. The Balaban J connectivity index is 2.46. The lowest BCUT2D eigenvalue weighted by Crippen LogP contribution is -2.44. The summed E-state index contributed by atoms with van der Waals surface area (Å²) in [6.45, 7) is 4.22. The van der Waals surface area contributed by atoms with Crippen LogP contribution in [-0.2, 0) is 10.2 Å². The summed E-state index contributed by atoms with van der Waals surface area (Å²) in [6.07, 6.45) is 3.36. The van der Waals surface area contributed by atoms with Gasteiger partial charge in [-0.05, 0) is 25.7 Å². The van der Waals surface area contributed by atoms with Crippen molar-refractivity contribution < 1.29 is 13.5 Å². The van der Waals surface area contributed by atoms with Gasteiger partial charge in [0.2, 0.25) is 0 Å². The fourth-order valence-corrected chi connectivity index (χ4v) is 2.74. The van der Waals surface area contributed by atoms with Gasteiger partial charge in [-0.25, -0.2) is 4.72 Å². The summed E-state index contributed by atoms with van der Waals surface area (Å²) < 4.78 is 28.2. The van der Waals surface area contributed by atoms with Crippen LogP contribution in [0.1, 0.15) is 39.5 Å². The molecule has 0 heterocycles. The molecule has 6 heteroatoms. The molecule has 0 spiro atoms. The molecule has 3 N–H and O–H groups in total. The van der Waals surface area contributed by atoms with Gasteiger partial charge in [0.25, 0.3) is 10.2 Å². The molecule has 0 aliphatic heterocycles. The summed E-state index contributed by atoms with van der Waals surface area (Å²) in [5, 5.41) is 9.31. The molecule has 0 aromatic carbocycles. The average molecular weight is 250 g/mol. The number of hydrogen-bond acceptors (Lipinski definition) is 3. The van der Waals surface area contributed by atoms with E-state index in [4.69, 9.17) is 0 Å². The lowest BCUT2D eigenvalue weighted by molar-refractivity contribution is 0.119. The Bertz CT molecular complexity index is 300. The first-order valence-corrected chi connectivity index (χ1v) is 7.33. The first kappa shape index (κ1) is 13.9. The number of aliphatic hydroxyl groups is 1. The Morgan fingerprint density at radius 1 is 1.31 bits per heavy atom. The predicted octanol–water partition coefficient (Wildman–Crippen LogP) is 0.372. The van der Waals surface area contributed by atoms with Crippen molar-refractivity contribution in [1.82, 2.24) is 9.44 Å². The van der Waals surface area contributed by atoms with E-state index in [2.05, 4.69) is 9.44 Å². The van der Waals surface area contributed by atoms with Crippen molar-refractivity contribution in [3.05, 3.63) is 0 Å². The lowest BCUT2D eigenvalue weighted by Gasteiger charge is -2.29. The van der Waals surface area contributed by atoms with Crippen molar-refractivity contribution in [3.63, 3.8) is 0 Å². The van der Waals surface area contributed by atoms with Gasteiger partial charge in [-0.2, -0.15) is 13.1 Å². The van der Waals surface area contributed by atoms with Gasteiger partial charge in [-0.15, -0.1) is 0 Å². The van der Waals surface area contributed by atoms with Gasteiger partial charge in [-0.1, -0.05) is 13.8 Å². The van der Waals surface area contributed by atoms with Crippen LogP contribution in [0.15, 0.2) is 0 Å². The maximum atomic E-state index is 11.6. The van der Waals surface area contributed by atoms with E-state index in [0.29, 0.717) is 6.54 Å². The van der Waals surface area contributed by atoms with Crippen molar-refractivity contribution >= 4 is 10.2 Å². The number of aliphatic hydroxyl groups excluding tert-OH is 1. The van der Waals surface area contributed by atoms with Crippen LogP contribution in [0, 0.1) is 5.41 Å². The second kappa shape index (κ2) is 5.44. The largest absolute Gasteiger partial charge is 0.396 e. The molecule has 1 rings (SSSR count). The van der Waals surface area contributed by atoms with Gasteiger partial charge in [0, 0.05) is 24.6 Å². The zero-order valence-corrected chi connectivity index (χ0v) is 10.8. The van der Waals surface area contributed by atoms with E-state index in [1.165, 1.54) is 0 Å². The summed E-state index contributed by atoms with van der Waals surface area (Å²) >= 11 is 0. The molecule has 1 aliphatic rings. The van der Waals surface area contributed by atoms with E-state index < -0.39 is 10.2 Å². The first-order valence-electron chi connectivity index (χ1n) is 5.84. The van der Waals surface area contributed by atoms with Crippen molar-refractivity contribution in [2.24, 2.45) is 5.41 Å². The molecular formula is C10H22N2O3S. The fraction of sp³-hybridized carbons (Fsp3) is 1.00. The number of nitrogens with one attached hydrogen (secondary N) is 2. The van der Waals surface area contributed by atoms with Gasteiger partial charge in [0.05, 0.1) is 0 Å². The van der Waals surface area contributed by atoms with Gasteiger partial charge < -0.3 is 5.11 Å². The first-order chi connectivity index (χ1) is 7.47. The topological polar surface area (TPSA) is 78.4 Å². The Hall–Kier alpha value is -0.170. The molecule has 1 aliphatic carbocycles. The van der Waals surface area contributed by atoms with Crippen LogP contribution >= 0.6 is 0 Å². The molecule has 5 nitrogen and oxygen atoms in total. The highest BCUT2D eigenvalue weighted by atomic mass is 32.2. The van der Waals surface area contributed by atoms with Crippen LogP contribution in [0.4, 0.5) is 0 Å². The van der Waals surface area contributed by atoms with E-state index in [9.17, 15) is 13.5 Å². The number of hydrogen-bond donors (Lipinski definition) is 3. The molecule has 0 atom stereocenters. The minimum absolute atomic E-state index is 0.00590. The van der Waals surface area contributed by atoms with Gasteiger partial charge >= 0.3 is 0 Å². The van der Waals surface area contributed by atoms with Crippen molar-refractivity contribution in [2.45, 2.75) is 45.6 Å². The Morgan fingerprint density at radius 3 is 2.25 bits per heavy atom. The lowest BCUT2D eigenvalue weighted by atomic mass is 9.84. The highest BCUT2D eigenvalue weighted by Gasteiger charge is 2.30. The molecule has 96 valence electrons. The van der Waals surface area contributed by atoms with Crippen LogP contribution in [0.25, 0.3) is 0 Å². The van der Waals surface area contributed by atoms with E-state index in [1.54, 1.807) is 0 Å². The third kappa shape index (κ3) is 4.01. The standard InChI is InChI=1S/C10H22N2O3S/c1-3-10(4-2,8-13)7-11-16(14,15)12-9-5-6-9/h9,11-13H,3-8H2,1-2H3. The summed E-state index contributed by atoms with van der Waals surface area (Å²) in [4.78, 5) is 0. The quantitative estimate of drug-likeness (QED) is 0.582. The summed E-state index contributed by atoms with van der Waals surface area (Å²) in [7, 11) is -3.39. The van der Waals surface area contributed by atoms with E-state index in [-0.39, 0.29) is 18.1 Å². The SMILES string of the molecule is CCC(CC)(CO)CNS(=O)(=O)NC1CC1. The second-order valence-electron chi connectivity index (χ2n) is 4.58. The molecule has 0 bridgehead atoms. The minimum atomic E-state index is -3.39. The third-order valence-electron chi connectivity index (χ3n) is 3.37. The maximum Gasteiger partial charge on any atom is 0.277 e. The molecule has 0 radical (unpaired) electrons. The Labute approximate surface area is 97.8 Å². The van der Waals surface area contributed by atoms with Gasteiger partial charge in [0.1, 0.15) is 0 Å². The van der Waals surface area contributed by atoms with E-state index >= 15 is 0 Å². The molecule has 0 aromatic rings. The van der Waals surface area contributed by atoms with E-state index in [0.717, 1.165) is 25.7 Å². The highest BCUT2D eigenvalue weighted by molar-refractivity contribution is 7.87. The summed E-state index contributed by atoms with van der Waals surface area (Å²) in [5.74, 6) is 0. The molecule has 16 heavy (non-hydrogen) atoms.